The fourth-order valence-electron chi connectivity index (χ4n) is 4.85. The lowest BCUT2D eigenvalue weighted by atomic mass is 9.98. The molecular weight excluding hydrogens is 364 g/mol. The molecule has 2 aromatic rings. The predicted octanol–water partition coefficient (Wildman–Crippen LogP) is 3.14. The number of nitrogens with zero attached hydrogens (tertiary/aromatic N) is 4. The molecule has 3 aliphatic heterocycles. The van der Waals surface area contributed by atoms with Gasteiger partial charge in [-0.1, -0.05) is 30.9 Å². The zero-order valence-electron chi connectivity index (χ0n) is 16.8. The monoisotopic (exact) mass is 392 g/mol. The largest absolute Gasteiger partial charge is 0.489 e. The molecule has 29 heavy (non-hydrogen) atoms. The van der Waals surface area contributed by atoms with Crippen LogP contribution in [0.15, 0.2) is 43.1 Å². The molecule has 0 unspecified atom stereocenters. The maximum atomic E-state index is 5.89. The van der Waals surface area contributed by atoms with Gasteiger partial charge in [0.15, 0.2) is 0 Å². The van der Waals surface area contributed by atoms with Gasteiger partial charge in [0.2, 0.25) is 5.95 Å². The Kier molecular flexibility index (Phi) is 5.21. The van der Waals surface area contributed by atoms with Crippen LogP contribution in [0.4, 0.5) is 5.95 Å². The smallest absolute Gasteiger partial charge is 0.225 e. The van der Waals surface area contributed by atoms with Gasteiger partial charge < -0.3 is 14.4 Å². The number of hydrogen-bond acceptors (Lipinski definition) is 6. The zero-order valence-corrected chi connectivity index (χ0v) is 16.8. The van der Waals surface area contributed by atoms with Crippen molar-refractivity contribution >= 4 is 5.95 Å². The number of hydrogen-bond donors (Lipinski definition) is 0. The molecule has 2 saturated heterocycles. The van der Waals surface area contributed by atoms with Gasteiger partial charge in [-0.2, -0.15) is 0 Å². The first-order valence-corrected chi connectivity index (χ1v) is 10.6. The van der Waals surface area contributed by atoms with Gasteiger partial charge in [0.05, 0.1) is 18.9 Å². The molecule has 0 amide bonds. The van der Waals surface area contributed by atoms with Crippen LogP contribution in [0.5, 0.6) is 5.75 Å². The Labute approximate surface area is 172 Å². The molecule has 0 aliphatic carbocycles. The van der Waals surface area contributed by atoms with E-state index in [9.17, 15) is 0 Å². The van der Waals surface area contributed by atoms with E-state index in [0.717, 1.165) is 51.0 Å². The minimum atomic E-state index is 0.398. The maximum absolute atomic E-state index is 5.89. The van der Waals surface area contributed by atoms with Crippen LogP contribution in [0, 0.1) is 0 Å². The molecule has 2 atom stereocenters. The van der Waals surface area contributed by atoms with E-state index in [0.29, 0.717) is 18.7 Å². The summed E-state index contributed by atoms with van der Waals surface area (Å²) in [5, 5.41) is 0. The summed E-state index contributed by atoms with van der Waals surface area (Å²) in [4.78, 5) is 14.6. The number of anilines is 1. The third-order valence-electron chi connectivity index (χ3n) is 6.29. The molecule has 0 spiro atoms. The van der Waals surface area contributed by atoms with E-state index in [-0.39, 0.29) is 0 Å². The van der Waals surface area contributed by atoms with E-state index >= 15 is 0 Å². The van der Waals surface area contributed by atoms with Crippen LogP contribution in [0.3, 0.4) is 0 Å². The lowest BCUT2D eigenvalue weighted by Gasteiger charge is -2.36. The topological polar surface area (TPSA) is 50.7 Å². The Bertz CT molecular complexity index is 881. The normalized spacial score (nSPS) is 23.7. The van der Waals surface area contributed by atoms with Crippen LogP contribution in [0.2, 0.25) is 0 Å². The third-order valence-corrected chi connectivity index (χ3v) is 6.29. The summed E-state index contributed by atoms with van der Waals surface area (Å²) in [6.45, 7) is 8.45. The molecule has 2 bridgehead atoms. The Morgan fingerprint density at radius 3 is 2.93 bits per heavy atom. The number of para-hydroxylation sites is 1. The summed E-state index contributed by atoms with van der Waals surface area (Å²) in [6, 6.07) is 9.28. The number of aromatic nitrogens is 2. The highest BCUT2D eigenvalue weighted by molar-refractivity contribution is 5.39. The van der Waals surface area contributed by atoms with Crippen molar-refractivity contribution in [2.24, 2.45) is 0 Å². The first kappa shape index (κ1) is 18.6. The van der Waals surface area contributed by atoms with Gasteiger partial charge in [0.25, 0.3) is 0 Å². The van der Waals surface area contributed by atoms with E-state index in [1.165, 1.54) is 29.7 Å². The molecule has 3 aliphatic rings. The van der Waals surface area contributed by atoms with Crippen molar-refractivity contribution in [1.29, 1.82) is 0 Å². The minimum absolute atomic E-state index is 0.398. The van der Waals surface area contributed by atoms with Gasteiger partial charge in [-0.05, 0) is 18.9 Å². The van der Waals surface area contributed by atoms with Crippen LogP contribution in [-0.4, -0.2) is 53.8 Å². The quantitative estimate of drug-likeness (QED) is 0.704. The summed E-state index contributed by atoms with van der Waals surface area (Å²) in [5.41, 5.74) is 3.78. The zero-order chi connectivity index (χ0) is 19.6. The summed E-state index contributed by atoms with van der Waals surface area (Å²) < 4.78 is 11.3. The van der Waals surface area contributed by atoms with Crippen LogP contribution in [-0.2, 0) is 17.7 Å². The fourth-order valence-corrected chi connectivity index (χ4v) is 4.85. The van der Waals surface area contributed by atoms with Crippen molar-refractivity contribution in [2.45, 2.75) is 37.9 Å². The Hall–Kier alpha value is -2.44. The Morgan fingerprint density at radius 1 is 1.21 bits per heavy atom. The standard InChI is InChI=1S/C23H28N4O2/c1-2-11-29-22-6-4-3-5-17(22)16-27-18-7-8-21(27)19-15-24-23(25-20(19)14-18)26-9-12-28-13-10-26/h2-6,15,18,21H,1,7-14,16H2/t18-,21+/m0/s1. The lowest BCUT2D eigenvalue weighted by Crippen LogP contribution is -2.40. The van der Waals surface area contributed by atoms with Gasteiger partial charge >= 0.3 is 0 Å². The van der Waals surface area contributed by atoms with Crippen molar-refractivity contribution in [3.63, 3.8) is 0 Å². The average Bonchev–Trinajstić information content (AvgIpc) is 3.05. The number of morpholine rings is 1. The molecule has 1 aromatic carbocycles. The lowest BCUT2D eigenvalue weighted by molar-refractivity contribution is 0.122. The van der Waals surface area contributed by atoms with E-state index in [2.05, 4.69) is 40.8 Å². The van der Waals surface area contributed by atoms with E-state index in [1.807, 2.05) is 6.07 Å². The summed E-state index contributed by atoms with van der Waals surface area (Å²) >= 11 is 0. The number of rotatable bonds is 6. The van der Waals surface area contributed by atoms with Crippen LogP contribution in [0.25, 0.3) is 0 Å². The highest BCUT2D eigenvalue weighted by atomic mass is 16.5. The Morgan fingerprint density at radius 2 is 2.07 bits per heavy atom. The molecule has 6 heteroatoms. The van der Waals surface area contributed by atoms with Gasteiger partial charge in [0, 0.05) is 55.5 Å². The molecule has 4 heterocycles. The van der Waals surface area contributed by atoms with E-state index in [4.69, 9.17) is 19.4 Å². The first-order chi connectivity index (χ1) is 14.3. The van der Waals surface area contributed by atoms with Crippen molar-refractivity contribution in [2.75, 3.05) is 37.8 Å². The van der Waals surface area contributed by atoms with Crippen molar-refractivity contribution in [1.82, 2.24) is 14.9 Å². The molecule has 6 nitrogen and oxygen atoms in total. The first-order valence-electron chi connectivity index (χ1n) is 10.6. The van der Waals surface area contributed by atoms with Gasteiger partial charge in [-0.15, -0.1) is 0 Å². The highest BCUT2D eigenvalue weighted by Gasteiger charge is 2.41. The molecular formula is C23H28N4O2. The van der Waals surface area contributed by atoms with Gasteiger partial charge in [-0.3, -0.25) is 4.90 Å². The second kappa shape index (κ2) is 8.13. The van der Waals surface area contributed by atoms with Gasteiger partial charge in [0.1, 0.15) is 12.4 Å². The predicted molar refractivity (Wildman–Crippen MR) is 112 cm³/mol. The van der Waals surface area contributed by atoms with Crippen molar-refractivity contribution in [3.05, 3.63) is 59.9 Å². The van der Waals surface area contributed by atoms with E-state index < -0.39 is 0 Å². The average molecular weight is 393 g/mol. The second-order valence-corrected chi connectivity index (χ2v) is 8.00. The number of benzene rings is 1. The maximum Gasteiger partial charge on any atom is 0.225 e. The summed E-state index contributed by atoms with van der Waals surface area (Å²) in [7, 11) is 0. The van der Waals surface area contributed by atoms with Gasteiger partial charge in [-0.25, -0.2) is 9.97 Å². The molecule has 0 N–H and O–H groups in total. The molecule has 2 fully saturated rings. The van der Waals surface area contributed by atoms with Crippen LogP contribution >= 0.6 is 0 Å². The Balaban J connectivity index is 1.37. The minimum Gasteiger partial charge on any atom is -0.489 e. The molecule has 0 saturated carbocycles. The van der Waals surface area contributed by atoms with Crippen LogP contribution < -0.4 is 9.64 Å². The SMILES string of the molecule is C=CCOc1ccccc1CN1[C@H]2CC[C@@H]1c1cnc(N3CCOCC3)nc1C2. The van der Waals surface area contributed by atoms with Crippen molar-refractivity contribution in [3.8, 4) is 5.75 Å². The van der Waals surface area contributed by atoms with Crippen molar-refractivity contribution < 1.29 is 9.47 Å². The number of fused-ring (bicyclic) bond motifs is 4. The fraction of sp³-hybridized carbons (Fsp3) is 0.478. The number of ether oxygens (including phenoxy) is 2. The molecule has 5 rings (SSSR count). The second-order valence-electron chi connectivity index (χ2n) is 8.00. The molecule has 0 radical (unpaired) electrons. The third kappa shape index (κ3) is 3.63. The van der Waals surface area contributed by atoms with Crippen LogP contribution in [0.1, 0.15) is 35.7 Å². The molecule has 152 valence electrons. The molecule has 1 aromatic heterocycles. The highest BCUT2D eigenvalue weighted by Crippen LogP contribution is 2.44. The van der Waals surface area contributed by atoms with E-state index in [1.54, 1.807) is 6.08 Å². The summed E-state index contributed by atoms with van der Waals surface area (Å²) in [6.07, 6.45) is 7.26. The summed E-state index contributed by atoms with van der Waals surface area (Å²) in [5.74, 6) is 1.82.